The van der Waals surface area contributed by atoms with E-state index in [-0.39, 0.29) is 6.04 Å². The largest absolute Gasteiger partial charge is 0.337 e. The minimum absolute atomic E-state index is 0.160. The number of hydrogen-bond acceptors (Lipinski definition) is 7. The van der Waals surface area contributed by atoms with Gasteiger partial charge in [-0.1, -0.05) is 11.2 Å². The first kappa shape index (κ1) is 16.3. The number of nitrogens with one attached hydrogen (secondary N) is 1. The summed E-state index contributed by atoms with van der Waals surface area (Å²) in [7, 11) is 0. The van der Waals surface area contributed by atoms with Crippen molar-refractivity contribution < 1.29 is 4.52 Å². The molecular weight excluding hydrogens is 360 g/mol. The van der Waals surface area contributed by atoms with Crippen molar-refractivity contribution in [1.82, 2.24) is 30.2 Å². The van der Waals surface area contributed by atoms with Gasteiger partial charge in [0, 0.05) is 23.8 Å². The second kappa shape index (κ2) is 7.05. The van der Waals surface area contributed by atoms with Crippen molar-refractivity contribution in [2.24, 2.45) is 0 Å². The van der Waals surface area contributed by atoms with Gasteiger partial charge in [0.2, 0.25) is 11.7 Å². The van der Waals surface area contributed by atoms with Crippen molar-refractivity contribution in [3.8, 4) is 22.1 Å². The Bertz CT molecular complexity index is 1010. The fourth-order valence-electron chi connectivity index (χ4n) is 3.47. The normalized spacial score (nSPS) is 17.6. The molecule has 7 nitrogen and oxygen atoms in total. The lowest BCUT2D eigenvalue weighted by atomic mass is 10.2. The Hall–Kier alpha value is -2.84. The molecule has 0 unspecified atom stereocenters. The summed E-state index contributed by atoms with van der Waals surface area (Å²) in [6, 6.07) is 12.2. The van der Waals surface area contributed by atoms with Crippen LogP contribution < -0.4 is 0 Å². The third-order valence-electron chi connectivity index (χ3n) is 4.77. The molecule has 1 fully saturated rings. The minimum atomic E-state index is 0.160. The number of rotatable bonds is 5. The summed E-state index contributed by atoms with van der Waals surface area (Å²) in [4.78, 5) is 13.8. The van der Waals surface area contributed by atoms with E-state index in [0.717, 1.165) is 37.3 Å². The summed E-state index contributed by atoms with van der Waals surface area (Å²) < 4.78 is 5.58. The van der Waals surface area contributed by atoms with Crippen molar-refractivity contribution in [3.63, 3.8) is 0 Å². The summed E-state index contributed by atoms with van der Waals surface area (Å²) in [6.45, 7) is 1.91. The fourth-order valence-corrected chi connectivity index (χ4v) is 4.47. The molecule has 1 aliphatic heterocycles. The molecule has 8 heteroatoms. The highest BCUT2D eigenvalue weighted by atomic mass is 32.1. The Kier molecular flexibility index (Phi) is 4.27. The van der Waals surface area contributed by atoms with Gasteiger partial charge < -0.3 is 4.52 Å². The number of thiophene rings is 1. The molecule has 1 N–H and O–H groups in total. The van der Waals surface area contributed by atoms with E-state index in [9.17, 15) is 0 Å². The predicted octanol–water partition coefficient (Wildman–Crippen LogP) is 3.92. The molecular formula is C19H18N6OS. The Morgan fingerprint density at radius 1 is 1.19 bits per heavy atom. The molecule has 1 saturated heterocycles. The van der Waals surface area contributed by atoms with Gasteiger partial charge in [-0.25, -0.2) is 0 Å². The van der Waals surface area contributed by atoms with E-state index in [1.807, 2.05) is 24.3 Å². The molecule has 0 saturated carbocycles. The Morgan fingerprint density at radius 2 is 2.19 bits per heavy atom. The summed E-state index contributed by atoms with van der Waals surface area (Å²) in [5.41, 5.74) is 1.79. The first-order valence-corrected chi connectivity index (χ1v) is 9.76. The van der Waals surface area contributed by atoms with E-state index in [0.29, 0.717) is 11.7 Å². The Labute approximate surface area is 160 Å². The van der Waals surface area contributed by atoms with E-state index in [1.54, 1.807) is 23.7 Å². The van der Waals surface area contributed by atoms with Gasteiger partial charge in [0.1, 0.15) is 5.69 Å². The quantitative estimate of drug-likeness (QED) is 0.567. The van der Waals surface area contributed by atoms with Crippen LogP contribution in [0.25, 0.3) is 22.1 Å². The highest BCUT2D eigenvalue weighted by molar-refractivity contribution is 7.15. The van der Waals surface area contributed by atoms with Crippen LogP contribution in [0, 0.1) is 0 Å². The predicted molar refractivity (Wildman–Crippen MR) is 102 cm³/mol. The molecule has 0 aliphatic carbocycles. The molecule has 4 aromatic heterocycles. The van der Waals surface area contributed by atoms with Crippen LogP contribution in [-0.4, -0.2) is 36.8 Å². The SMILES string of the molecule is c1ccc(-c2noc([C@H]3CCCN3Cc3ccc(-c4ccn[nH]4)s3)n2)nc1. The monoisotopic (exact) mass is 378 g/mol. The lowest BCUT2D eigenvalue weighted by molar-refractivity contribution is 0.202. The van der Waals surface area contributed by atoms with Gasteiger partial charge in [-0.3, -0.25) is 15.0 Å². The van der Waals surface area contributed by atoms with Crippen LogP contribution in [0.4, 0.5) is 0 Å². The summed E-state index contributed by atoms with van der Waals surface area (Å²) in [5, 5.41) is 11.2. The number of aromatic nitrogens is 5. The average molecular weight is 378 g/mol. The van der Waals surface area contributed by atoms with E-state index in [4.69, 9.17) is 4.52 Å². The van der Waals surface area contributed by atoms with Crippen LogP contribution in [0.2, 0.25) is 0 Å². The maximum atomic E-state index is 5.58. The summed E-state index contributed by atoms with van der Waals surface area (Å²) >= 11 is 1.79. The second-order valence-corrected chi connectivity index (χ2v) is 7.70. The number of pyridine rings is 1. The van der Waals surface area contributed by atoms with Gasteiger partial charge in [-0.05, 0) is 49.7 Å². The van der Waals surface area contributed by atoms with E-state index in [1.165, 1.54) is 9.75 Å². The molecule has 136 valence electrons. The first-order valence-electron chi connectivity index (χ1n) is 8.94. The van der Waals surface area contributed by atoms with Crippen LogP contribution in [0.15, 0.2) is 53.3 Å². The molecule has 5 heterocycles. The molecule has 4 aromatic rings. The molecule has 27 heavy (non-hydrogen) atoms. The van der Waals surface area contributed by atoms with E-state index in [2.05, 4.69) is 42.4 Å². The van der Waals surface area contributed by atoms with Gasteiger partial charge in [0.25, 0.3) is 0 Å². The molecule has 0 aromatic carbocycles. The zero-order valence-corrected chi connectivity index (χ0v) is 15.4. The minimum Gasteiger partial charge on any atom is -0.337 e. The van der Waals surface area contributed by atoms with Crippen LogP contribution in [0.5, 0.6) is 0 Å². The van der Waals surface area contributed by atoms with E-state index >= 15 is 0 Å². The van der Waals surface area contributed by atoms with Gasteiger partial charge in [0.15, 0.2) is 0 Å². The van der Waals surface area contributed by atoms with E-state index < -0.39 is 0 Å². The molecule has 0 amide bonds. The lowest BCUT2D eigenvalue weighted by Gasteiger charge is -2.20. The molecule has 0 bridgehead atoms. The number of hydrogen-bond donors (Lipinski definition) is 1. The zero-order chi connectivity index (χ0) is 18.1. The lowest BCUT2D eigenvalue weighted by Crippen LogP contribution is -2.22. The van der Waals surface area contributed by atoms with Crippen molar-refractivity contribution in [1.29, 1.82) is 0 Å². The third-order valence-corrected chi connectivity index (χ3v) is 5.87. The number of nitrogens with zero attached hydrogens (tertiary/aromatic N) is 5. The maximum absolute atomic E-state index is 5.58. The molecule has 0 radical (unpaired) electrons. The fraction of sp³-hybridized carbons (Fsp3) is 0.263. The van der Waals surface area contributed by atoms with Crippen molar-refractivity contribution >= 4 is 11.3 Å². The number of aromatic amines is 1. The Balaban J connectivity index is 1.33. The topological polar surface area (TPSA) is 83.7 Å². The zero-order valence-electron chi connectivity index (χ0n) is 14.6. The molecule has 1 aliphatic rings. The summed E-state index contributed by atoms with van der Waals surface area (Å²) in [5.74, 6) is 1.23. The standard InChI is InChI=1S/C19H18N6OS/c1-2-9-20-15(4-1)18-22-19(26-24-18)16-5-3-11-25(16)12-13-6-7-17(27-13)14-8-10-21-23-14/h1-2,4,6-10,16H,3,5,11-12H2,(H,21,23)/t16-/m1/s1. The average Bonchev–Trinajstić information content (AvgIpc) is 3.48. The van der Waals surface area contributed by atoms with Gasteiger partial charge in [-0.15, -0.1) is 11.3 Å². The van der Waals surface area contributed by atoms with Gasteiger partial charge >= 0.3 is 0 Å². The molecule has 5 rings (SSSR count). The highest BCUT2D eigenvalue weighted by Crippen LogP contribution is 2.35. The van der Waals surface area contributed by atoms with Crippen LogP contribution in [0.1, 0.15) is 29.7 Å². The third kappa shape index (κ3) is 3.29. The van der Waals surface area contributed by atoms with Crippen LogP contribution in [0.3, 0.4) is 0 Å². The van der Waals surface area contributed by atoms with Crippen LogP contribution >= 0.6 is 11.3 Å². The number of likely N-dealkylation sites (tertiary alicyclic amines) is 1. The molecule has 0 spiro atoms. The molecule has 1 atom stereocenters. The first-order chi connectivity index (χ1) is 13.4. The van der Waals surface area contributed by atoms with Crippen LogP contribution in [-0.2, 0) is 6.54 Å². The second-order valence-electron chi connectivity index (χ2n) is 6.54. The van der Waals surface area contributed by atoms with Gasteiger partial charge in [0.05, 0.1) is 16.6 Å². The number of H-pyrrole nitrogens is 1. The summed E-state index contributed by atoms with van der Waals surface area (Å²) in [6.07, 6.45) is 5.68. The van der Waals surface area contributed by atoms with Crippen molar-refractivity contribution in [2.75, 3.05) is 6.54 Å². The highest BCUT2D eigenvalue weighted by Gasteiger charge is 2.31. The van der Waals surface area contributed by atoms with Gasteiger partial charge in [-0.2, -0.15) is 10.1 Å². The maximum Gasteiger partial charge on any atom is 0.244 e. The van der Waals surface area contributed by atoms with Crippen molar-refractivity contribution in [2.45, 2.75) is 25.4 Å². The van der Waals surface area contributed by atoms with Crippen molar-refractivity contribution in [3.05, 3.63) is 59.6 Å². The smallest absolute Gasteiger partial charge is 0.244 e. The Morgan fingerprint density at radius 3 is 3.04 bits per heavy atom.